The summed E-state index contributed by atoms with van der Waals surface area (Å²) in [5.74, 6) is -0.572. The highest BCUT2D eigenvalue weighted by Gasteiger charge is 2.32. The Morgan fingerprint density at radius 3 is 2.53 bits per heavy atom. The summed E-state index contributed by atoms with van der Waals surface area (Å²) in [7, 11) is 0. The van der Waals surface area contributed by atoms with Crippen molar-refractivity contribution in [1.29, 1.82) is 0 Å². The van der Waals surface area contributed by atoms with E-state index in [-0.39, 0.29) is 22.8 Å². The first kappa shape index (κ1) is 22.5. The SMILES string of the molecule is Cc1c(Cl)ncc(C2CC(c3ccc(F)cc3)CCN2C=O)c1Nc1ccc(F)cc1Cl. The Morgan fingerprint density at radius 1 is 1.12 bits per heavy atom. The Balaban J connectivity index is 1.73. The first-order valence-corrected chi connectivity index (χ1v) is 11.0. The standard InChI is InChI=1S/C24H21Cl2F2N3O/c1-14-23(30-21-7-6-18(28)11-20(21)25)19(12-29-24(14)26)22-10-16(8-9-31(22)13-32)15-2-4-17(27)5-3-15/h2-7,11-13,16,22H,8-10H2,1H3,(H,29,30). The van der Waals surface area contributed by atoms with Crippen molar-refractivity contribution in [3.8, 4) is 0 Å². The van der Waals surface area contributed by atoms with Gasteiger partial charge in [-0.2, -0.15) is 0 Å². The summed E-state index contributed by atoms with van der Waals surface area (Å²) in [6, 6.07) is 10.3. The van der Waals surface area contributed by atoms with Crippen LogP contribution >= 0.6 is 23.2 Å². The highest BCUT2D eigenvalue weighted by atomic mass is 35.5. The number of halogens is 4. The Labute approximate surface area is 195 Å². The number of anilines is 2. The van der Waals surface area contributed by atoms with Crippen LogP contribution in [0.2, 0.25) is 10.2 Å². The molecule has 32 heavy (non-hydrogen) atoms. The van der Waals surface area contributed by atoms with E-state index in [4.69, 9.17) is 23.2 Å². The molecule has 3 aromatic rings. The quantitative estimate of drug-likeness (QED) is 0.326. The maximum absolute atomic E-state index is 13.5. The smallest absolute Gasteiger partial charge is 0.210 e. The van der Waals surface area contributed by atoms with Crippen molar-refractivity contribution in [3.05, 3.63) is 87.2 Å². The first-order chi connectivity index (χ1) is 15.4. The zero-order chi connectivity index (χ0) is 22.8. The molecule has 4 nitrogen and oxygen atoms in total. The Morgan fingerprint density at radius 2 is 1.84 bits per heavy atom. The predicted octanol–water partition coefficient (Wildman–Crippen LogP) is 6.80. The molecule has 0 bridgehead atoms. The van der Waals surface area contributed by atoms with Gasteiger partial charge in [-0.3, -0.25) is 4.79 Å². The number of benzene rings is 2. The summed E-state index contributed by atoms with van der Waals surface area (Å²) >= 11 is 12.5. The molecule has 1 fully saturated rings. The summed E-state index contributed by atoms with van der Waals surface area (Å²) in [5, 5.41) is 3.81. The zero-order valence-corrected chi connectivity index (χ0v) is 18.8. The normalized spacial score (nSPS) is 18.5. The van der Waals surface area contributed by atoms with E-state index >= 15 is 0 Å². The van der Waals surface area contributed by atoms with Gasteiger partial charge in [0.25, 0.3) is 0 Å². The number of hydrogen-bond acceptors (Lipinski definition) is 3. The van der Waals surface area contributed by atoms with Gasteiger partial charge >= 0.3 is 0 Å². The molecule has 0 aliphatic carbocycles. The topological polar surface area (TPSA) is 45.2 Å². The molecule has 1 N–H and O–H groups in total. The highest BCUT2D eigenvalue weighted by molar-refractivity contribution is 6.33. The molecule has 166 valence electrons. The molecule has 1 aliphatic rings. The van der Waals surface area contributed by atoms with Crippen molar-refractivity contribution >= 4 is 41.0 Å². The van der Waals surface area contributed by atoms with Gasteiger partial charge < -0.3 is 10.2 Å². The molecule has 2 atom stereocenters. The molecule has 4 rings (SSSR count). The number of pyridine rings is 1. The molecule has 2 aromatic carbocycles. The summed E-state index contributed by atoms with van der Waals surface area (Å²) < 4.78 is 26.9. The lowest BCUT2D eigenvalue weighted by atomic mass is 9.82. The van der Waals surface area contributed by atoms with Gasteiger partial charge in [-0.25, -0.2) is 13.8 Å². The summed E-state index contributed by atoms with van der Waals surface area (Å²) in [4.78, 5) is 17.9. The fraction of sp³-hybridized carbons (Fsp3) is 0.250. The van der Waals surface area contributed by atoms with E-state index in [1.807, 2.05) is 6.92 Å². The van der Waals surface area contributed by atoms with E-state index < -0.39 is 5.82 Å². The zero-order valence-electron chi connectivity index (χ0n) is 17.3. The number of piperidine rings is 1. The van der Waals surface area contributed by atoms with Gasteiger partial charge in [0.05, 0.1) is 22.4 Å². The molecule has 2 heterocycles. The third-order valence-electron chi connectivity index (χ3n) is 5.96. The second-order valence-electron chi connectivity index (χ2n) is 7.89. The van der Waals surface area contributed by atoms with Gasteiger partial charge in [0.2, 0.25) is 6.41 Å². The maximum atomic E-state index is 13.5. The summed E-state index contributed by atoms with van der Waals surface area (Å²) in [5.41, 5.74) is 3.69. The number of amides is 1. The maximum Gasteiger partial charge on any atom is 0.210 e. The van der Waals surface area contributed by atoms with Gasteiger partial charge in [-0.15, -0.1) is 0 Å². The molecule has 1 amide bonds. The van der Waals surface area contributed by atoms with Crippen molar-refractivity contribution in [2.45, 2.75) is 31.7 Å². The van der Waals surface area contributed by atoms with Crippen LogP contribution in [0.15, 0.2) is 48.7 Å². The molecule has 0 radical (unpaired) electrons. The van der Waals surface area contributed by atoms with Gasteiger partial charge in [0.15, 0.2) is 0 Å². The molecule has 1 aliphatic heterocycles. The molecule has 8 heteroatoms. The van der Waals surface area contributed by atoms with Crippen LogP contribution in [0.3, 0.4) is 0 Å². The van der Waals surface area contributed by atoms with E-state index in [1.165, 1.54) is 24.3 Å². The number of carbonyl (C=O) groups excluding carboxylic acids is 1. The lowest BCUT2D eigenvalue weighted by molar-refractivity contribution is -0.121. The van der Waals surface area contributed by atoms with Gasteiger partial charge in [-0.1, -0.05) is 35.3 Å². The lowest BCUT2D eigenvalue weighted by Gasteiger charge is -2.38. The molecule has 1 saturated heterocycles. The number of likely N-dealkylation sites (tertiary alicyclic amines) is 1. The van der Waals surface area contributed by atoms with E-state index in [0.717, 1.165) is 24.0 Å². The summed E-state index contributed by atoms with van der Waals surface area (Å²) in [6.07, 6.45) is 3.90. The molecule has 0 saturated carbocycles. The Hall–Kier alpha value is -2.70. The third kappa shape index (κ3) is 4.57. The average Bonchev–Trinajstić information content (AvgIpc) is 2.79. The number of nitrogens with zero attached hydrogens (tertiary/aromatic N) is 2. The second kappa shape index (κ2) is 9.43. The monoisotopic (exact) mass is 475 g/mol. The van der Waals surface area contributed by atoms with Crippen LogP contribution < -0.4 is 5.32 Å². The van der Waals surface area contributed by atoms with Crippen molar-refractivity contribution in [2.24, 2.45) is 0 Å². The van der Waals surface area contributed by atoms with Crippen LogP contribution in [0.5, 0.6) is 0 Å². The van der Waals surface area contributed by atoms with E-state index in [0.29, 0.717) is 35.1 Å². The van der Waals surface area contributed by atoms with Crippen molar-refractivity contribution in [2.75, 3.05) is 11.9 Å². The Kier molecular flexibility index (Phi) is 6.63. The number of nitrogens with one attached hydrogen (secondary N) is 1. The van der Waals surface area contributed by atoms with Crippen LogP contribution in [0.25, 0.3) is 0 Å². The summed E-state index contributed by atoms with van der Waals surface area (Å²) in [6.45, 7) is 2.37. The van der Waals surface area contributed by atoms with E-state index in [9.17, 15) is 13.6 Å². The van der Waals surface area contributed by atoms with Crippen LogP contribution in [0.4, 0.5) is 20.2 Å². The van der Waals surface area contributed by atoms with Crippen molar-refractivity contribution in [3.63, 3.8) is 0 Å². The predicted molar refractivity (Wildman–Crippen MR) is 123 cm³/mol. The van der Waals surface area contributed by atoms with Gasteiger partial charge in [0, 0.05) is 23.9 Å². The molecular weight excluding hydrogens is 455 g/mol. The van der Waals surface area contributed by atoms with E-state index in [1.54, 1.807) is 29.3 Å². The third-order valence-corrected chi connectivity index (χ3v) is 6.65. The molecule has 2 unspecified atom stereocenters. The van der Waals surface area contributed by atoms with Crippen LogP contribution in [-0.2, 0) is 4.79 Å². The van der Waals surface area contributed by atoms with E-state index in [2.05, 4.69) is 10.3 Å². The highest BCUT2D eigenvalue weighted by Crippen LogP contribution is 2.43. The number of carbonyl (C=O) groups is 1. The van der Waals surface area contributed by atoms with Gasteiger partial charge in [0.1, 0.15) is 16.8 Å². The fourth-order valence-electron chi connectivity index (χ4n) is 4.20. The fourth-order valence-corrected chi connectivity index (χ4v) is 4.56. The minimum atomic E-state index is -0.438. The van der Waals surface area contributed by atoms with Crippen molar-refractivity contribution in [1.82, 2.24) is 9.88 Å². The molecule has 0 spiro atoms. The number of hydrogen-bond donors (Lipinski definition) is 1. The second-order valence-corrected chi connectivity index (χ2v) is 8.65. The average molecular weight is 476 g/mol. The van der Waals surface area contributed by atoms with Gasteiger partial charge in [-0.05, 0) is 61.6 Å². The number of rotatable bonds is 5. The lowest BCUT2D eigenvalue weighted by Crippen LogP contribution is -2.35. The van der Waals surface area contributed by atoms with Crippen LogP contribution in [0.1, 0.15) is 41.5 Å². The van der Waals surface area contributed by atoms with Crippen LogP contribution in [0, 0.1) is 18.6 Å². The minimum absolute atomic E-state index is 0.148. The largest absolute Gasteiger partial charge is 0.354 e. The van der Waals surface area contributed by atoms with Crippen molar-refractivity contribution < 1.29 is 13.6 Å². The molecule has 1 aromatic heterocycles. The Bertz CT molecular complexity index is 1140. The minimum Gasteiger partial charge on any atom is -0.354 e. The van der Waals surface area contributed by atoms with Crippen LogP contribution in [-0.4, -0.2) is 22.8 Å². The first-order valence-electron chi connectivity index (χ1n) is 10.2. The molecular formula is C24H21Cl2F2N3O. The number of aromatic nitrogens is 1.